The van der Waals surface area contributed by atoms with E-state index >= 15 is 0 Å². The third-order valence-electron chi connectivity index (χ3n) is 3.94. The van der Waals surface area contributed by atoms with E-state index in [-0.39, 0.29) is 5.91 Å². The first-order chi connectivity index (χ1) is 10.3. The summed E-state index contributed by atoms with van der Waals surface area (Å²) in [6, 6.07) is -0.433. The summed E-state index contributed by atoms with van der Waals surface area (Å²) >= 11 is 0. The molecule has 0 aromatic heterocycles. The van der Waals surface area contributed by atoms with Crippen LogP contribution < -0.4 is 0 Å². The number of hydrogen-bond acceptors (Lipinski definition) is 4. The van der Waals surface area contributed by atoms with Gasteiger partial charge in [-0.25, -0.2) is 4.79 Å². The van der Waals surface area contributed by atoms with Gasteiger partial charge >= 0.3 is 6.09 Å². The minimum atomic E-state index is -0.567. The van der Waals surface area contributed by atoms with E-state index in [1.165, 1.54) is 0 Å². The van der Waals surface area contributed by atoms with Crippen molar-refractivity contribution in [3.8, 4) is 0 Å². The van der Waals surface area contributed by atoms with Gasteiger partial charge in [-0.2, -0.15) is 0 Å². The highest BCUT2D eigenvalue weighted by molar-refractivity contribution is 5.86. The van der Waals surface area contributed by atoms with E-state index < -0.39 is 17.7 Å². The zero-order chi connectivity index (χ0) is 16.3. The number of piperazine rings is 1. The van der Waals surface area contributed by atoms with Gasteiger partial charge in [-0.05, 0) is 33.6 Å². The molecular weight excluding hydrogens is 286 g/mol. The fourth-order valence-electron chi connectivity index (χ4n) is 2.82. The molecule has 0 spiro atoms. The molecule has 0 radical (unpaired) electrons. The molecule has 22 heavy (non-hydrogen) atoms. The number of hydrogen-bond donors (Lipinski definition) is 0. The van der Waals surface area contributed by atoms with Crippen molar-refractivity contribution in [3.05, 3.63) is 0 Å². The van der Waals surface area contributed by atoms with Crippen molar-refractivity contribution in [3.63, 3.8) is 0 Å². The fourth-order valence-corrected chi connectivity index (χ4v) is 2.82. The first-order valence-electron chi connectivity index (χ1n) is 7.79. The van der Waals surface area contributed by atoms with E-state index in [4.69, 9.17) is 4.74 Å². The van der Waals surface area contributed by atoms with Crippen LogP contribution in [0.3, 0.4) is 0 Å². The second-order valence-corrected chi connectivity index (χ2v) is 6.80. The number of carbonyl (C=O) groups excluding carboxylic acids is 3. The maximum atomic E-state index is 12.6. The van der Waals surface area contributed by atoms with Gasteiger partial charge in [-0.1, -0.05) is 0 Å². The fraction of sp³-hybridized carbons (Fsp3) is 0.800. The van der Waals surface area contributed by atoms with E-state index in [2.05, 4.69) is 0 Å². The molecule has 2 aliphatic rings. The normalized spacial score (nSPS) is 22.7. The minimum Gasteiger partial charge on any atom is -0.444 e. The van der Waals surface area contributed by atoms with Crippen molar-refractivity contribution in [1.82, 2.24) is 14.7 Å². The molecule has 0 unspecified atom stereocenters. The molecule has 2 heterocycles. The van der Waals surface area contributed by atoms with Crippen molar-refractivity contribution in [2.75, 3.05) is 32.7 Å². The van der Waals surface area contributed by atoms with Crippen molar-refractivity contribution < 1.29 is 19.1 Å². The molecule has 0 aromatic carbocycles. The summed E-state index contributed by atoms with van der Waals surface area (Å²) in [5.74, 6) is -0.0334. The quantitative estimate of drug-likeness (QED) is 0.703. The zero-order valence-corrected chi connectivity index (χ0v) is 13.6. The number of likely N-dealkylation sites (tertiary alicyclic amines) is 1. The summed E-state index contributed by atoms with van der Waals surface area (Å²) < 4.78 is 5.39. The summed E-state index contributed by atoms with van der Waals surface area (Å²) in [4.78, 5) is 40.5. The SMILES string of the molecule is CC(C)(C)OC(=O)N1CCC[C@H]1C(=O)N1CCN(C=O)CC1. The molecule has 0 saturated carbocycles. The monoisotopic (exact) mass is 311 g/mol. The second kappa shape index (κ2) is 6.54. The van der Waals surface area contributed by atoms with Crippen LogP contribution in [0.25, 0.3) is 0 Å². The van der Waals surface area contributed by atoms with Gasteiger partial charge in [-0.15, -0.1) is 0 Å². The average Bonchev–Trinajstić information content (AvgIpc) is 2.94. The van der Waals surface area contributed by atoms with E-state index in [1.807, 2.05) is 20.8 Å². The first kappa shape index (κ1) is 16.6. The van der Waals surface area contributed by atoms with Crippen LogP contribution in [-0.4, -0.2) is 77.5 Å². The highest BCUT2D eigenvalue weighted by Crippen LogP contribution is 2.22. The largest absolute Gasteiger partial charge is 0.444 e. The topological polar surface area (TPSA) is 70.2 Å². The van der Waals surface area contributed by atoms with Crippen LogP contribution in [-0.2, 0) is 14.3 Å². The Morgan fingerprint density at radius 3 is 2.27 bits per heavy atom. The Morgan fingerprint density at radius 2 is 1.73 bits per heavy atom. The molecule has 124 valence electrons. The molecule has 0 N–H and O–H groups in total. The van der Waals surface area contributed by atoms with E-state index in [0.717, 1.165) is 12.8 Å². The number of amides is 3. The second-order valence-electron chi connectivity index (χ2n) is 6.80. The molecule has 7 nitrogen and oxygen atoms in total. The van der Waals surface area contributed by atoms with E-state index in [9.17, 15) is 14.4 Å². The van der Waals surface area contributed by atoms with Gasteiger partial charge in [0.25, 0.3) is 0 Å². The van der Waals surface area contributed by atoms with Crippen LogP contribution in [0, 0.1) is 0 Å². The Hall–Kier alpha value is -1.79. The average molecular weight is 311 g/mol. The van der Waals surface area contributed by atoms with Crippen LogP contribution >= 0.6 is 0 Å². The summed E-state index contributed by atoms with van der Waals surface area (Å²) in [5.41, 5.74) is -0.567. The van der Waals surface area contributed by atoms with Crippen molar-refractivity contribution in [2.45, 2.75) is 45.3 Å². The highest BCUT2D eigenvalue weighted by atomic mass is 16.6. The van der Waals surface area contributed by atoms with Crippen molar-refractivity contribution in [1.29, 1.82) is 0 Å². The van der Waals surface area contributed by atoms with Gasteiger partial charge in [0.1, 0.15) is 11.6 Å². The highest BCUT2D eigenvalue weighted by Gasteiger charge is 2.39. The van der Waals surface area contributed by atoms with Gasteiger partial charge in [0, 0.05) is 32.7 Å². The Bertz CT molecular complexity index is 439. The van der Waals surface area contributed by atoms with Crippen LogP contribution in [0.15, 0.2) is 0 Å². The standard InChI is InChI=1S/C15H25N3O4/c1-15(2,3)22-14(21)18-6-4-5-12(18)13(20)17-9-7-16(11-19)8-10-17/h11-12H,4-10H2,1-3H3/t12-/m0/s1. The maximum absolute atomic E-state index is 12.6. The van der Waals surface area contributed by atoms with Crippen LogP contribution in [0.5, 0.6) is 0 Å². The van der Waals surface area contributed by atoms with Crippen LogP contribution in [0.2, 0.25) is 0 Å². The third-order valence-corrected chi connectivity index (χ3v) is 3.94. The molecule has 2 aliphatic heterocycles. The van der Waals surface area contributed by atoms with Gasteiger partial charge in [-0.3, -0.25) is 14.5 Å². The number of carbonyl (C=O) groups is 3. The lowest BCUT2D eigenvalue weighted by Gasteiger charge is -2.36. The Kier molecular flexibility index (Phi) is 4.93. The van der Waals surface area contributed by atoms with Gasteiger partial charge in [0.15, 0.2) is 0 Å². The molecule has 2 rings (SSSR count). The summed E-state index contributed by atoms with van der Waals surface area (Å²) in [5, 5.41) is 0. The number of nitrogens with zero attached hydrogens (tertiary/aromatic N) is 3. The molecule has 0 bridgehead atoms. The Morgan fingerprint density at radius 1 is 1.09 bits per heavy atom. The van der Waals surface area contributed by atoms with Crippen molar-refractivity contribution in [2.24, 2.45) is 0 Å². The molecule has 3 amide bonds. The third kappa shape index (κ3) is 3.90. The number of ether oxygens (including phenoxy) is 1. The molecule has 7 heteroatoms. The predicted octanol–water partition coefficient (Wildman–Crippen LogP) is 0.687. The predicted molar refractivity (Wildman–Crippen MR) is 80.2 cm³/mol. The van der Waals surface area contributed by atoms with E-state index in [0.29, 0.717) is 39.1 Å². The number of rotatable bonds is 2. The summed E-state index contributed by atoms with van der Waals surface area (Å²) in [6.45, 7) is 8.15. The molecule has 0 aromatic rings. The van der Waals surface area contributed by atoms with E-state index in [1.54, 1.807) is 14.7 Å². The lowest BCUT2D eigenvalue weighted by molar-refractivity contribution is -0.139. The molecule has 2 fully saturated rings. The smallest absolute Gasteiger partial charge is 0.410 e. The minimum absolute atomic E-state index is 0.0334. The maximum Gasteiger partial charge on any atom is 0.410 e. The molecule has 1 atom stereocenters. The molecule has 2 saturated heterocycles. The lowest BCUT2D eigenvalue weighted by atomic mass is 10.1. The van der Waals surface area contributed by atoms with Gasteiger partial charge < -0.3 is 14.5 Å². The van der Waals surface area contributed by atoms with Crippen LogP contribution in [0.1, 0.15) is 33.6 Å². The van der Waals surface area contributed by atoms with Crippen LogP contribution in [0.4, 0.5) is 4.79 Å². The Balaban J connectivity index is 1.96. The first-order valence-corrected chi connectivity index (χ1v) is 7.79. The van der Waals surface area contributed by atoms with Gasteiger partial charge in [0.2, 0.25) is 12.3 Å². The summed E-state index contributed by atoms with van der Waals surface area (Å²) in [7, 11) is 0. The zero-order valence-electron chi connectivity index (χ0n) is 13.6. The molecular formula is C15H25N3O4. The van der Waals surface area contributed by atoms with Crippen molar-refractivity contribution >= 4 is 18.4 Å². The lowest BCUT2D eigenvalue weighted by Crippen LogP contribution is -2.54. The molecule has 0 aliphatic carbocycles. The van der Waals surface area contributed by atoms with Gasteiger partial charge in [0.05, 0.1) is 0 Å². The Labute approximate surface area is 131 Å². The summed E-state index contributed by atoms with van der Waals surface area (Å²) in [6.07, 6.45) is 1.87.